The van der Waals surface area contributed by atoms with Crippen LogP contribution in [0.3, 0.4) is 0 Å². The highest BCUT2D eigenvalue weighted by atomic mass is 28.4. The Morgan fingerprint density at radius 3 is 2.58 bits per heavy atom. The molecule has 2 N–H and O–H groups in total. The quantitative estimate of drug-likeness (QED) is 0.188. The normalized spacial score (nSPS) is 13.3. The van der Waals surface area contributed by atoms with Gasteiger partial charge in [-0.3, -0.25) is 4.79 Å². The van der Waals surface area contributed by atoms with Crippen molar-refractivity contribution in [3.63, 3.8) is 0 Å². The number of carbonyl (C=O) groups excluding carboxylic acids is 1. The van der Waals surface area contributed by atoms with Crippen molar-refractivity contribution >= 4 is 25.1 Å². The Morgan fingerprint density at radius 2 is 1.92 bits per heavy atom. The average Bonchev–Trinajstić information content (AvgIpc) is 3.45. The van der Waals surface area contributed by atoms with Crippen LogP contribution in [0.4, 0.5) is 0 Å². The Labute approximate surface area is 217 Å². The number of primary amides is 1. The first kappa shape index (κ1) is 28.0. The van der Waals surface area contributed by atoms with Crippen molar-refractivity contribution in [2.45, 2.75) is 97.1 Å². The minimum Gasteiger partial charge on any atom is -0.494 e. The number of ether oxygens (including phenoxy) is 1. The highest BCUT2D eigenvalue weighted by molar-refractivity contribution is 6.74. The second kappa shape index (κ2) is 12.1. The molecule has 8 heteroatoms. The van der Waals surface area contributed by atoms with E-state index < -0.39 is 14.2 Å². The minimum atomic E-state index is -2.04. The number of aryl methyl sites for hydroxylation is 1. The lowest BCUT2D eigenvalue weighted by Crippen LogP contribution is -2.42. The molecule has 1 unspecified atom stereocenters. The molecular formula is C28H44N4O3Si. The molecule has 2 aromatic heterocycles. The molecule has 0 bridgehead atoms. The first-order valence-electron chi connectivity index (χ1n) is 13.2. The molecule has 0 radical (unpaired) electrons. The second-order valence-electron chi connectivity index (χ2n) is 11.2. The van der Waals surface area contributed by atoms with Crippen LogP contribution in [0.2, 0.25) is 18.1 Å². The van der Waals surface area contributed by atoms with Gasteiger partial charge in [0.15, 0.2) is 8.32 Å². The number of fused-ring (bicyclic) bond motifs is 1. The fourth-order valence-corrected chi connectivity index (χ4v) is 5.30. The number of imidazole rings is 1. The molecule has 36 heavy (non-hydrogen) atoms. The van der Waals surface area contributed by atoms with Crippen LogP contribution in [0.1, 0.15) is 82.9 Å². The molecule has 198 valence electrons. The van der Waals surface area contributed by atoms with E-state index in [0.29, 0.717) is 0 Å². The standard InChI is InChI=1S/C28H44N4O3Si/c1-7-8-9-10-18-34-23-13-14-25-22(19-23)15-17-31(25)16-11-12-26(35-36(5,6)28(2,3)4)32-20-24(27(29)33)30-21-32/h13-15,17,19-21,26H,7-12,16,18H2,1-6H3,(H2,29,33). The Balaban J connectivity index is 1.65. The molecule has 0 spiro atoms. The molecule has 7 nitrogen and oxygen atoms in total. The fourth-order valence-electron chi connectivity index (χ4n) is 4.03. The van der Waals surface area contributed by atoms with Gasteiger partial charge in [0.25, 0.3) is 5.91 Å². The molecule has 0 aliphatic carbocycles. The summed E-state index contributed by atoms with van der Waals surface area (Å²) in [6.07, 6.45) is 11.9. The molecular weight excluding hydrogens is 468 g/mol. The molecule has 0 saturated carbocycles. The van der Waals surface area contributed by atoms with E-state index >= 15 is 0 Å². The zero-order chi connectivity index (χ0) is 26.3. The fraction of sp³-hybridized carbons (Fsp3) is 0.571. The topological polar surface area (TPSA) is 84.3 Å². The van der Waals surface area contributed by atoms with Gasteiger partial charge in [0.05, 0.1) is 12.9 Å². The van der Waals surface area contributed by atoms with Crippen LogP contribution in [-0.4, -0.2) is 34.9 Å². The van der Waals surface area contributed by atoms with Gasteiger partial charge >= 0.3 is 0 Å². The van der Waals surface area contributed by atoms with Gasteiger partial charge in [-0.25, -0.2) is 4.98 Å². The van der Waals surface area contributed by atoms with Gasteiger partial charge in [-0.1, -0.05) is 47.0 Å². The van der Waals surface area contributed by atoms with Crippen LogP contribution < -0.4 is 10.5 Å². The van der Waals surface area contributed by atoms with Crippen LogP contribution in [0.5, 0.6) is 5.75 Å². The van der Waals surface area contributed by atoms with Crippen molar-refractivity contribution in [2.24, 2.45) is 5.73 Å². The highest BCUT2D eigenvalue weighted by Crippen LogP contribution is 2.39. The zero-order valence-corrected chi connectivity index (χ0v) is 23.9. The third-order valence-electron chi connectivity index (χ3n) is 7.28. The smallest absolute Gasteiger partial charge is 0.268 e. The predicted molar refractivity (Wildman–Crippen MR) is 149 cm³/mol. The number of nitrogens with two attached hydrogens (primary N) is 1. The SMILES string of the molecule is CCCCCCOc1ccc2c(ccn2CCCC(O[Si](C)(C)C(C)(C)C)n2cnc(C(N)=O)c2)c1. The number of amides is 1. The van der Waals surface area contributed by atoms with Crippen molar-refractivity contribution in [2.75, 3.05) is 6.61 Å². The van der Waals surface area contributed by atoms with Crippen molar-refractivity contribution in [3.8, 4) is 5.75 Å². The maximum atomic E-state index is 11.6. The summed E-state index contributed by atoms with van der Waals surface area (Å²) in [5.41, 5.74) is 6.90. The predicted octanol–water partition coefficient (Wildman–Crippen LogP) is 6.90. The second-order valence-corrected chi connectivity index (χ2v) is 15.9. The summed E-state index contributed by atoms with van der Waals surface area (Å²) in [6.45, 7) is 15.0. The number of nitrogens with zero attached hydrogens (tertiary/aromatic N) is 3. The van der Waals surface area contributed by atoms with E-state index in [1.54, 1.807) is 12.5 Å². The Hall–Kier alpha value is -2.58. The molecule has 0 aliphatic heterocycles. The Morgan fingerprint density at radius 1 is 1.14 bits per heavy atom. The monoisotopic (exact) mass is 512 g/mol. The van der Waals surface area contributed by atoms with Crippen LogP contribution in [-0.2, 0) is 11.0 Å². The Bertz CT molecular complexity index is 1130. The van der Waals surface area contributed by atoms with Gasteiger partial charge in [-0.2, -0.15) is 0 Å². The largest absolute Gasteiger partial charge is 0.494 e. The zero-order valence-electron chi connectivity index (χ0n) is 22.9. The summed E-state index contributed by atoms with van der Waals surface area (Å²) in [5, 5.41) is 1.26. The molecule has 0 fully saturated rings. The molecule has 2 heterocycles. The summed E-state index contributed by atoms with van der Waals surface area (Å²) in [7, 11) is -2.04. The van der Waals surface area contributed by atoms with Crippen LogP contribution in [0.15, 0.2) is 43.0 Å². The summed E-state index contributed by atoms with van der Waals surface area (Å²) >= 11 is 0. The summed E-state index contributed by atoms with van der Waals surface area (Å²) < 4.78 is 16.9. The first-order chi connectivity index (χ1) is 17.0. The first-order valence-corrected chi connectivity index (χ1v) is 16.2. The number of benzene rings is 1. The Kier molecular flexibility index (Phi) is 9.41. The highest BCUT2D eigenvalue weighted by Gasteiger charge is 2.39. The molecule has 1 atom stereocenters. The van der Waals surface area contributed by atoms with Gasteiger partial charge in [0.2, 0.25) is 0 Å². The van der Waals surface area contributed by atoms with E-state index in [1.807, 2.05) is 4.57 Å². The van der Waals surface area contributed by atoms with Crippen LogP contribution >= 0.6 is 0 Å². The molecule has 0 aliphatic rings. The van der Waals surface area contributed by atoms with Gasteiger partial charge in [-0.15, -0.1) is 0 Å². The van der Waals surface area contributed by atoms with Crippen molar-refractivity contribution in [1.29, 1.82) is 0 Å². The van der Waals surface area contributed by atoms with Crippen LogP contribution in [0.25, 0.3) is 10.9 Å². The van der Waals surface area contributed by atoms with E-state index in [9.17, 15) is 4.79 Å². The van der Waals surface area contributed by atoms with Gasteiger partial charge in [0.1, 0.15) is 17.7 Å². The molecule has 1 amide bonds. The lowest BCUT2D eigenvalue weighted by Gasteiger charge is -2.39. The summed E-state index contributed by atoms with van der Waals surface area (Å²) in [5.74, 6) is 0.410. The molecule has 1 aromatic carbocycles. The van der Waals surface area contributed by atoms with E-state index in [4.69, 9.17) is 14.9 Å². The van der Waals surface area contributed by atoms with Crippen molar-refractivity contribution < 1.29 is 14.0 Å². The van der Waals surface area contributed by atoms with Gasteiger partial charge in [0, 0.05) is 29.8 Å². The summed E-state index contributed by atoms with van der Waals surface area (Å²) in [4.78, 5) is 15.8. The lowest BCUT2D eigenvalue weighted by molar-refractivity contribution is 0.0984. The number of hydrogen-bond acceptors (Lipinski definition) is 4. The number of aromatic nitrogens is 3. The molecule has 3 rings (SSSR count). The van der Waals surface area contributed by atoms with E-state index in [-0.39, 0.29) is 17.0 Å². The number of hydrogen-bond donors (Lipinski definition) is 1. The van der Waals surface area contributed by atoms with E-state index in [0.717, 1.165) is 38.2 Å². The minimum absolute atomic E-state index is 0.0742. The number of rotatable bonds is 14. The maximum absolute atomic E-state index is 11.6. The maximum Gasteiger partial charge on any atom is 0.268 e. The van der Waals surface area contributed by atoms with Crippen molar-refractivity contribution in [1.82, 2.24) is 14.1 Å². The van der Waals surface area contributed by atoms with Crippen LogP contribution in [0, 0.1) is 0 Å². The van der Waals surface area contributed by atoms with Crippen molar-refractivity contribution in [3.05, 3.63) is 48.7 Å². The van der Waals surface area contributed by atoms with Gasteiger partial charge < -0.3 is 24.0 Å². The lowest BCUT2D eigenvalue weighted by atomic mass is 10.2. The summed E-state index contributed by atoms with van der Waals surface area (Å²) in [6, 6.07) is 8.50. The van der Waals surface area contributed by atoms with E-state index in [1.165, 1.54) is 30.2 Å². The third-order valence-corrected chi connectivity index (χ3v) is 11.8. The number of unbranched alkanes of at least 4 members (excludes halogenated alkanes) is 3. The molecule has 0 saturated heterocycles. The average molecular weight is 513 g/mol. The number of carbonyl (C=O) groups is 1. The molecule has 3 aromatic rings. The van der Waals surface area contributed by atoms with E-state index in [2.05, 4.69) is 80.8 Å². The van der Waals surface area contributed by atoms with Gasteiger partial charge in [-0.05, 0) is 61.7 Å². The third kappa shape index (κ3) is 7.23.